The summed E-state index contributed by atoms with van der Waals surface area (Å²) in [7, 11) is 0. The van der Waals surface area contributed by atoms with Crippen molar-refractivity contribution in [2.24, 2.45) is 0 Å². The standard InChI is InChI=1S/C14H18N2OS/c1-10-9-17-11(2)8-16(10)13-5-4-6-14(18-3)12(13)7-15/h4-6,10-11H,8-9H2,1-3H3. The zero-order chi connectivity index (χ0) is 13.1. The molecule has 0 aromatic heterocycles. The highest BCUT2D eigenvalue weighted by molar-refractivity contribution is 7.98. The zero-order valence-electron chi connectivity index (χ0n) is 11.0. The third-order valence-electron chi connectivity index (χ3n) is 3.25. The molecule has 1 heterocycles. The third-order valence-corrected chi connectivity index (χ3v) is 4.03. The van der Waals surface area contributed by atoms with Gasteiger partial charge in [0.1, 0.15) is 6.07 Å². The van der Waals surface area contributed by atoms with Gasteiger partial charge in [-0.3, -0.25) is 0 Å². The molecule has 1 aromatic carbocycles. The highest BCUT2D eigenvalue weighted by atomic mass is 32.2. The highest BCUT2D eigenvalue weighted by Crippen LogP contribution is 2.31. The Labute approximate surface area is 113 Å². The van der Waals surface area contributed by atoms with Crippen LogP contribution in [0.2, 0.25) is 0 Å². The average molecular weight is 262 g/mol. The van der Waals surface area contributed by atoms with Gasteiger partial charge >= 0.3 is 0 Å². The lowest BCUT2D eigenvalue weighted by Crippen LogP contribution is -2.47. The van der Waals surface area contributed by atoms with Crippen molar-refractivity contribution in [3.05, 3.63) is 23.8 Å². The Bertz CT molecular complexity index is 469. The minimum Gasteiger partial charge on any atom is -0.375 e. The third kappa shape index (κ3) is 2.47. The number of ether oxygens (including phenoxy) is 1. The van der Waals surface area contributed by atoms with Crippen molar-refractivity contribution < 1.29 is 4.74 Å². The first-order valence-electron chi connectivity index (χ1n) is 6.12. The van der Waals surface area contributed by atoms with E-state index in [1.165, 1.54) is 0 Å². The van der Waals surface area contributed by atoms with Crippen LogP contribution in [0.3, 0.4) is 0 Å². The van der Waals surface area contributed by atoms with E-state index in [1.54, 1.807) is 11.8 Å². The lowest BCUT2D eigenvalue weighted by atomic mass is 10.1. The van der Waals surface area contributed by atoms with Gasteiger partial charge in [0, 0.05) is 17.5 Å². The molecule has 1 saturated heterocycles. The van der Waals surface area contributed by atoms with Crippen molar-refractivity contribution in [2.75, 3.05) is 24.3 Å². The van der Waals surface area contributed by atoms with Crippen LogP contribution in [-0.2, 0) is 4.74 Å². The van der Waals surface area contributed by atoms with Crippen molar-refractivity contribution in [3.63, 3.8) is 0 Å². The molecule has 4 heteroatoms. The van der Waals surface area contributed by atoms with Gasteiger partial charge in [0.25, 0.3) is 0 Å². The van der Waals surface area contributed by atoms with E-state index in [0.29, 0.717) is 6.04 Å². The van der Waals surface area contributed by atoms with Crippen LogP contribution in [0, 0.1) is 11.3 Å². The summed E-state index contributed by atoms with van der Waals surface area (Å²) < 4.78 is 5.64. The Hall–Kier alpha value is -1.18. The fourth-order valence-electron chi connectivity index (χ4n) is 2.28. The van der Waals surface area contributed by atoms with Crippen LogP contribution in [0.1, 0.15) is 19.4 Å². The molecule has 3 nitrogen and oxygen atoms in total. The van der Waals surface area contributed by atoms with Crippen LogP contribution in [0.4, 0.5) is 5.69 Å². The Morgan fingerprint density at radius 1 is 1.44 bits per heavy atom. The molecule has 1 fully saturated rings. The molecule has 0 amide bonds. The SMILES string of the molecule is CSc1cccc(N2CC(C)OCC2C)c1C#N. The molecule has 0 N–H and O–H groups in total. The topological polar surface area (TPSA) is 36.3 Å². The van der Waals surface area contributed by atoms with Crippen LogP contribution < -0.4 is 4.90 Å². The molecule has 1 aliphatic rings. The Morgan fingerprint density at radius 3 is 2.89 bits per heavy atom. The maximum absolute atomic E-state index is 9.39. The highest BCUT2D eigenvalue weighted by Gasteiger charge is 2.26. The number of morpholine rings is 1. The molecule has 0 saturated carbocycles. The summed E-state index contributed by atoms with van der Waals surface area (Å²) in [5.41, 5.74) is 1.82. The number of benzene rings is 1. The summed E-state index contributed by atoms with van der Waals surface area (Å²) in [6.07, 6.45) is 2.22. The van der Waals surface area contributed by atoms with Gasteiger partial charge in [0.2, 0.25) is 0 Å². The predicted octanol–water partition coefficient (Wildman–Crippen LogP) is 2.89. The summed E-state index contributed by atoms with van der Waals surface area (Å²) in [4.78, 5) is 3.33. The number of thioether (sulfide) groups is 1. The quantitative estimate of drug-likeness (QED) is 0.768. The maximum Gasteiger partial charge on any atom is 0.103 e. The van der Waals surface area contributed by atoms with E-state index in [0.717, 1.165) is 29.3 Å². The lowest BCUT2D eigenvalue weighted by molar-refractivity contribution is 0.0343. The van der Waals surface area contributed by atoms with Gasteiger partial charge in [-0.2, -0.15) is 5.26 Å². The molecule has 96 valence electrons. The van der Waals surface area contributed by atoms with Crippen LogP contribution in [0.5, 0.6) is 0 Å². The Kier molecular flexibility index (Phi) is 4.15. The number of rotatable bonds is 2. The Balaban J connectivity index is 2.41. The van der Waals surface area contributed by atoms with Gasteiger partial charge in [-0.15, -0.1) is 11.8 Å². The van der Waals surface area contributed by atoms with Crippen molar-refractivity contribution in [1.82, 2.24) is 0 Å². The Morgan fingerprint density at radius 2 is 2.22 bits per heavy atom. The van der Waals surface area contributed by atoms with E-state index >= 15 is 0 Å². The van der Waals surface area contributed by atoms with Gasteiger partial charge in [0.05, 0.1) is 24.0 Å². The van der Waals surface area contributed by atoms with Crippen molar-refractivity contribution in [3.8, 4) is 6.07 Å². The molecule has 0 radical (unpaired) electrons. The molecular formula is C14H18N2OS. The van der Waals surface area contributed by atoms with Crippen molar-refractivity contribution in [2.45, 2.75) is 30.9 Å². The second kappa shape index (κ2) is 5.64. The molecule has 2 atom stereocenters. The van der Waals surface area contributed by atoms with Gasteiger partial charge in [-0.05, 0) is 32.2 Å². The minimum absolute atomic E-state index is 0.214. The van der Waals surface area contributed by atoms with E-state index in [1.807, 2.05) is 24.5 Å². The van der Waals surface area contributed by atoms with E-state index in [2.05, 4.69) is 24.8 Å². The number of hydrogen-bond acceptors (Lipinski definition) is 4. The summed E-state index contributed by atoms with van der Waals surface area (Å²) >= 11 is 1.62. The average Bonchev–Trinajstić information content (AvgIpc) is 2.40. The second-order valence-corrected chi connectivity index (χ2v) is 5.46. The fourth-order valence-corrected chi connectivity index (χ4v) is 2.85. The molecule has 0 aliphatic carbocycles. The first-order chi connectivity index (χ1) is 8.67. The maximum atomic E-state index is 9.39. The van der Waals surface area contributed by atoms with Crippen molar-refractivity contribution in [1.29, 1.82) is 5.26 Å². The largest absolute Gasteiger partial charge is 0.375 e. The van der Waals surface area contributed by atoms with Crippen LogP contribution in [-0.4, -0.2) is 31.6 Å². The zero-order valence-corrected chi connectivity index (χ0v) is 11.8. The summed E-state index contributed by atoms with van der Waals surface area (Å²) in [6.45, 7) is 5.77. The number of nitriles is 1. The smallest absolute Gasteiger partial charge is 0.103 e. The summed E-state index contributed by atoms with van der Waals surface area (Å²) in [6, 6.07) is 8.71. The van der Waals surface area contributed by atoms with Crippen molar-refractivity contribution >= 4 is 17.4 Å². The molecule has 18 heavy (non-hydrogen) atoms. The van der Waals surface area contributed by atoms with E-state index < -0.39 is 0 Å². The molecule has 0 bridgehead atoms. The van der Waals surface area contributed by atoms with E-state index in [4.69, 9.17) is 4.74 Å². The van der Waals surface area contributed by atoms with Gasteiger partial charge < -0.3 is 9.64 Å². The van der Waals surface area contributed by atoms with E-state index in [-0.39, 0.29) is 6.10 Å². The molecular weight excluding hydrogens is 244 g/mol. The molecule has 2 unspecified atom stereocenters. The van der Waals surface area contributed by atoms with Crippen LogP contribution in [0.15, 0.2) is 23.1 Å². The molecule has 0 spiro atoms. The van der Waals surface area contributed by atoms with Crippen LogP contribution >= 0.6 is 11.8 Å². The van der Waals surface area contributed by atoms with Gasteiger partial charge in [-0.25, -0.2) is 0 Å². The first kappa shape index (κ1) is 13.3. The number of hydrogen-bond donors (Lipinski definition) is 0. The van der Waals surface area contributed by atoms with Crippen LogP contribution in [0.25, 0.3) is 0 Å². The lowest BCUT2D eigenvalue weighted by Gasteiger charge is -2.39. The normalized spacial score (nSPS) is 23.8. The predicted molar refractivity (Wildman–Crippen MR) is 75.2 cm³/mol. The summed E-state index contributed by atoms with van der Waals surface area (Å²) in [5.74, 6) is 0. The first-order valence-corrected chi connectivity index (χ1v) is 7.35. The summed E-state index contributed by atoms with van der Waals surface area (Å²) in [5, 5.41) is 9.39. The molecule has 1 aliphatic heterocycles. The second-order valence-electron chi connectivity index (χ2n) is 4.61. The number of anilines is 1. The van der Waals surface area contributed by atoms with Gasteiger partial charge in [0.15, 0.2) is 0 Å². The minimum atomic E-state index is 0.214. The van der Waals surface area contributed by atoms with Gasteiger partial charge in [-0.1, -0.05) is 6.07 Å². The number of nitrogens with zero attached hydrogens (tertiary/aromatic N) is 2. The molecule has 1 aromatic rings. The van der Waals surface area contributed by atoms with E-state index in [9.17, 15) is 5.26 Å². The molecule has 2 rings (SSSR count). The fraction of sp³-hybridized carbons (Fsp3) is 0.500. The monoisotopic (exact) mass is 262 g/mol.